The minimum absolute atomic E-state index is 0.249. The predicted octanol–water partition coefficient (Wildman–Crippen LogP) is 5.44. The van der Waals surface area contributed by atoms with Crippen LogP contribution in [0.15, 0.2) is 48.5 Å². The Morgan fingerprint density at radius 3 is 2.64 bits per heavy atom. The molecule has 1 aliphatic carbocycles. The number of benzene rings is 2. The monoisotopic (exact) mass is 335 g/mol. The number of nitrogens with one attached hydrogen (secondary N) is 2. The normalized spacial score (nSPS) is 14.8. The van der Waals surface area contributed by atoms with Gasteiger partial charge >= 0.3 is 0 Å². The molecule has 2 N–H and O–H groups in total. The van der Waals surface area contributed by atoms with Crippen molar-refractivity contribution in [1.29, 1.82) is 0 Å². The van der Waals surface area contributed by atoms with Crippen LogP contribution in [0.5, 0.6) is 0 Å². The Morgan fingerprint density at radius 1 is 1.04 bits per heavy atom. The van der Waals surface area contributed by atoms with E-state index in [0.717, 1.165) is 33.5 Å². The van der Waals surface area contributed by atoms with Crippen LogP contribution in [0, 0.1) is 5.82 Å². The van der Waals surface area contributed by atoms with E-state index >= 15 is 0 Å². The Kier molecular flexibility index (Phi) is 4.26. The Labute approximate surface area is 147 Å². The van der Waals surface area contributed by atoms with Crippen LogP contribution in [0.4, 0.5) is 15.8 Å². The van der Waals surface area contributed by atoms with Crippen molar-refractivity contribution in [3.63, 3.8) is 0 Å². The molecule has 2 aromatic carbocycles. The van der Waals surface area contributed by atoms with Gasteiger partial charge in [0, 0.05) is 35.4 Å². The van der Waals surface area contributed by atoms with Crippen molar-refractivity contribution in [2.75, 3.05) is 17.7 Å². The zero-order chi connectivity index (χ0) is 17.2. The van der Waals surface area contributed by atoms with Gasteiger partial charge in [-0.05, 0) is 49.2 Å². The summed E-state index contributed by atoms with van der Waals surface area (Å²) in [4.78, 5) is 4.73. The van der Waals surface area contributed by atoms with Crippen molar-refractivity contribution < 1.29 is 4.39 Å². The summed E-state index contributed by atoms with van der Waals surface area (Å²) in [6.45, 7) is 0. The molecule has 3 nitrogen and oxygen atoms in total. The van der Waals surface area contributed by atoms with Gasteiger partial charge in [-0.3, -0.25) is 0 Å². The molecule has 0 aliphatic heterocycles. The van der Waals surface area contributed by atoms with Crippen LogP contribution >= 0.6 is 0 Å². The maximum absolute atomic E-state index is 13.5. The molecular weight excluding hydrogens is 313 g/mol. The van der Waals surface area contributed by atoms with E-state index in [0.29, 0.717) is 6.04 Å². The number of hydrogen-bond acceptors (Lipinski definition) is 3. The average Bonchev–Trinajstić information content (AvgIpc) is 3.14. The molecule has 128 valence electrons. The number of hydrogen-bond donors (Lipinski definition) is 2. The van der Waals surface area contributed by atoms with Crippen LogP contribution in [0.1, 0.15) is 25.7 Å². The summed E-state index contributed by atoms with van der Waals surface area (Å²) in [5, 5.41) is 7.96. The minimum Gasteiger partial charge on any atom is -0.388 e. The van der Waals surface area contributed by atoms with Crippen molar-refractivity contribution >= 4 is 22.3 Å². The summed E-state index contributed by atoms with van der Waals surface area (Å²) >= 11 is 0. The molecule has 1 fully saturated rings. The van der Waals surface area contributed by atoms with Crippen LogP contribution < -0.4 is 10.6 Å². The summed E-state index contributed by atoms with van der Waals surface area (Å²) in [6, 6.07) is 15.4. The van der Waals surface area contributed by atoms with Gasteiger partial charge in [-0.2, -0.15) is 0 Å². The second kappa shape index (κ2) is 6.71. The van der Waals surface area contributed by atoms with Crippen molar-refractivity contribution in [3.05, 3.63) is 54.3 Å². The highest BCUT2D eigenvalue weighted by molar-refractivity contribution is 5.95. The molecule has 0 amide bonds. The summed E-state index contributed by atoms with van der Waals surface area (Å²) in [6.07, 6.45) is 5.11. The number of pyridine rings is 1. The van der Waals surface area contributed by atoms with Gasteiger partial charge in [0.1, 0.15) is 5.82 Å². The Bertz CT molecular complexity index is 901. The first-order valence-corrected chi connectivity index (χ1v) is 8.88. The molecule has 1 aliphatic rings. The van der Waals surface area contributed by atoms with Crippen molar-refractivity contribution in [1.82, 2.24) is 4.98 Å². The van der Waals surface area contributed by atoms with Crippen LogP contribution in [0.2, 0.25) is 0 Å². The lowest BCUT2D eigenvalue weighted by Crippen LogP contribution is -2.14. The van der Waals surface area contributed by atoms with Crippen LogP contribution in [-0.2, 0) is 0 Å². The van der Waals surface area contributed by atoms with E-state index in [2.05, 4.69) is 22.8 Å². The number of fused-ring (bicyclic) bond motifs is 1. The van der Waals surface area contributed by atoms with E-state index < -0.39 is 0 Å². The molecule has 25 heavy (non-hydrogen) atoms. The second-order valence-corrected chi connectivity index (χ2v) is 6.67. The third-order valence-corrected chi connectivity index (χ3v) is 4.92. The maximum Gasteiger partial charge on any atom is 0.123 e. The molecule has 3 aromatic rings. The Morgan fingerprint density at radius 2 is 1.88 bits per heavy atom. The number of anilines is 2. The Hall–Kier alpha value is -2.62. The van der Waals surface area contributed by atoms with Gasteiger partial charge in [-0.1, -0.05) is 25.0 Å². The molecule has 0 atom stereocenters. The van der Waals surface area contributed by atoms with Gasteiger partial charge in [0.15, 0.2) is 0 Å². The highest BCUT2D eigenvalue weighted by atomic mass is 19.1. The van der Waals surface area contributed by atoms with Gasteiger partial charge in [0.25, 0.3) is 0 Å². The number of rotatable bonds is 4. The molecule has 0 unspecified atom stereocenters. The second-order valence-electron chi connectivity index (χ2n) is 6.67. The number of nitrogens with zero attached hydrogens (tertiary/aromatic N) is 1. The fourth-order valence-electron chi connectivity index (χ4n) is 3.62. The summed E-state index contributed by atoms with van der Waals surface area (Å²) in [5.74, 6) is -0.249. The van der Waals surface area contributed by atoms with E-state index in [1.54, 1.807) is 6.07 Å². The molecule has 1 aromatic heterocycles. The largest absolute Gasteiger partial charge is 0.388 e. The molecule has 0 spiro atoms. The van der Waals surface area contributed by atoms with Crippen molar-refractivity contribution in [2.24, 2.45) is 0 Å². The van der Waals surface area contributed by atoms with Gasteiger partial charge in [-0.25, -0.2) is 9.37 Å². The zero-order valence-corrected chi connectivity index (χ0v) is 14.3. The highest BCUT2D eigenvalue weighted by Gasteiger charge is 2.15. The van der Waals surface area contributed by atoms with Gasteiger partial charge < -0.3 is 10.6 Å². The fraction of sp³-hybridized carbons (Fsp3) is 0.286. The highest BCUT2D eigenvalue weighted by Crippen LogP contribution is 2.31. The molecule has 1 heterocycles. The third kappa shape index (κ3) is 3.29. The first-order valence-electron chi connectivity index (χ1n) is 8.88. The zero-order valence-electron chi connectivity index (χ0n) is 14.3. The topological polar surface area (TPSA) is 37.0 Å². The lowest BCUT2D eigenvalue weighted by Gasteiger charge is -2.15. The first-order chi connectivity index (χ1) is 12.2. The molecule has 0 radical (unpaired) electrons. The fourth-order valence-corrected chi connectivity index (χ4v) is 3.62. The molecule has 0 saturated heterocycles. The van der Waals surface area contributed by atoms with E-state index in [9.17, 15) is 4.39 Å². The summed E-state index contributed by atoms with van der Waals surface area (Å²) < 4.78 is 13.5. The van der Waals surface area contributed by atoms with Crippen molar-refractivity contribution in [2.45, 2.75) is 31.7 Å². The van der Waals surface area contributed by atoms with E-state index in [1.807, 2.05) is 25.2 Å². The van der Waals surface area contributed by atoms with E-state index in [4.69, 9.17) is 4.98 Å². The Balaban J connectivity index is 1.74. The van der Waals surface area contributed by atoms with Crippen LogP contribution in [0.25, 0.3) is 22.2 Å². The van der Waals surface area contributed by atoms with Gasteiger partial charge in [0.05, 0.1) is 11.2 Å². The van der Waals surface area contributed by atoms with Crippen LogP contribution in [0.3, 0.4) is 0 Å². The quantitative estimate of drug-likeness (QED) is 0.667. The van der Waals surface area contributed by atoms with Gasteiger partial charge in [-0.15, -0.1) is 0 Å². The first kappa shape index (κ1) is 15.9. The molecule has 0 bridgehead atoms. The SMILES string of the molecule is CNc1cc(-c2cccc(F)c2)nc2ccc(NC3CCCC3)cc12. The van der Waals surface area contributed by atoms with Gasteiger partial charge in [0.2, 0.25) is 0 Å². The van der Waals surface area contributed by atoms with Crippen molar-refractivity contribution in [3.8, 4) is 11.3 Å². The van der Waals surface area contributed by atoms with Crippen LogP contribution in [-0.4, -0.2) is 18.1 Å². The smallest absolute Gasteiger partial charge is 0.123 e. The lowest BCUT2D eigenvalue weighted by molar-refractivity contribution is 0.628. The summed E-state index contributed by atoms with van der Waals surface area (Å²) in [5.41, 5.74) is 4.60. The molecule has 4 rings (SSSR count). The standard InChI is InChI=1S/C21H22FN3/c1-23-21-13-20(14-5-4-6-15(22)11-14)25-19-10-9-17(12-18(19)21)24-16-7-2-3-8-16/h4-6,9-13,16,24H,2-3,7-8H2,1H3,(H,23,25). The molecular formula is C21H22FN3. The average molecular weight is 335 g/mol. The third-order valence-electron chi connectivity index (χ3n) is 4.92. The minimum atomic E-state index is -0.249. The molecule has 4 heteroatoms. The maximum atomic E-state index is 13.5. The van der Waals surface area contributed by atoms with E-state index in [-0.39, 0.29) is 5.82 Å². The van der Waals surface area contributed by atoms with E-state index in [1.165, 1.54) is 37.8 Å². The molecule has 1 saturated carbocycles. The number of aromatic nitrogens is 1. The predicted molar refractivity (Wildman–Crippen MR) is 103 cm³/mol. The number of halogens is 1. The lowest BCUT2D eigenvalue weighted by atomic mass is 10.1. The summed E-state index contributed by atoms with van der Waals surface area (Å²) in [7, 11) is 1.90.